The lowest BCUT2D eigenvalue weighted by Gasteiger charge is -2.15. The van der Waals surface area contributed by atoms with Gasteiger partial charge in [0.2, 0.25) is 5.75 Å². The zero-order valence-corrected chi connectivity index (χ0v) is 19.7. The molecular weight excluding hydrogens is 462 g/mol. The molecule has 0 radical (unpaired) electrons. The minimum atomic E-state index is -0.205. The first kappa shape index (κ1) is 22.7. The van der Waals surface area contributed by atoms with Crippen LogP contribution in [-0.4, -0.2) is 37.4 Å². The summed E-state index contributed by atoms with van der Waals surface area (Å²) in [7, 11) is 4.63. The minimum absolute atomic E-state index is 0.205. The number of aliphatic imine (C=N–C) groups is 1. The maximum Gasteiger partial charge on any atom is 0.271 e. The van der Waals surface area contributed by atoms with Crippen LogP contribution in [0, 0.1) is 0 Å². The van der Waals surface area contributed by atoms with Gasteiger partial charge in [-0.15, -0.1) is 0 Å². The number of amides is 1. The van der Waals surface area contributed by atoms with Crippen LogP contribution in [0.15, 0.2) is 70.8 Å². The van der Waals surface area contributed by atoms with E-state index in [0.29, 0.717) is 43.7 Å². The number of anilines is 1. The van der Waals surface area contributed by atoms with Crippen LogP contribution in [0.2, 0.25) is 5.02 Å². The van der Waals surface area contributed by atoms with Crippen LogP contribution in [-0.2, 0) is 4.79 Å². The van der Waals surface area contributed by atoms with E-state index in [1.807, 2.05) is 30.3 Å². The van der Waals surface area contributed by atoms with Gasteiger partial charge in [-0.2, -0.15) is 0 Å². The number of benzene rings is 2. The smallest absolute Gasteiger partial charge is 0.271 e. The van der Waals surface area contributed by atoms with Crippen LogP contribution >= 0.6 is 23.4 Å². The van der Waals surface area contributed by atoms with Crippen molar-refractivity contribution in [3.8, 4) is 17.2 Å². The number of hydrogen-bond donors (Lipinski definition) is 0. The summed E-state index contributed by atoms with van der Waals surface area (Å²) < 4.78 is 16.3. The maximum absolute atomic E-state index is 13.5. The van der Waals surface area contributed by atoms with Gasteiger partial charge in [-0.05, 0) is 53.7 Å². The van der Waals surface area contributed by atoms with Crippen molar-refractivity contribution in [3.05, 3.63) is 76.4 Å². The number of hydrogen-bond acceptors (Lipinski definition) is 7. The van der Waals surface area contributed by atoms with Gasteiger partial charge in [0.05, 0.1) is 42.6 Å². The van der Waals surface area contributed by atoms with Crippen LogP contribution in [0.5, 0.6) is 17.2 Å². The predicted molar refractivity (Wildman–Crippen MR) is 132 cm³/mol. The van der Waals surface area contributed by atoms with E-state index in [-0.39, 0.29) is 5.91 Å². The zero-order valence-electron chi connectivity index (χ0n) is 18.1. The number of carbonyl (C=O) groups is 1. The third kappa shape index (κ3) is 4.67. The van der Waals surface area contributed by atoms with Gasteiger partial charge in [-0.1, -0.05) is 29.8 Å². The molecule has 0 bridgehead atoms. The van der Waals surface area contributed by atoms with Gasteiger partial charge in [0.25, 0.3) is 5.91 Å². The summed E-state index contributed by atoms with van der Waals surface area (Å²) in [6, 6.07) is 14.6. The molecule has 1 aromatic heterocycles. The van der Waals surface area contributed by atoms with Gasteiger partial charge in [0, 0.05) is 12.4 Å². The SMILES string of the molecule is COc1cc(/C=C2\SC(=Nc3ccncc3Cl)N(c3ccccc3)C2=O)cc(OC)c1OC. The van der Waals surface area contributed by atoms with Crippen LogP contribution in [0.4, 0.5) is 11.4 Å². The van der Waals surface area contributed by atoms with Crippen molar-refractivity contribution in [3.63, 3.8) is 0 Å². The number of pyridine rings is 1. The van der Waals surface area contributed by atoms with Crippen molar-refractivity contribution < 1.29 is 19.0 Å². The molecule has 33 heavy (non-hydrogen) atoms. The Morgan fingerprint density at radius 2 is 1.73 bits per heavy atom. The monoisotopic (exact) mass is 481 g/mol. The summed E-state index contributed by atoms with van der Waals surface area (Å²) in [6.07, 6.45) is 4.89. The fraction of sp³-hybridized carbons (Fsp3) is 0.125. The first-order chi connectivity index (χ1) is 16.0. The number of amidine groups is 1. The molecule has 2 heterocycles. The van der Waals surface area contributed by atoms with Crippen molar-refractivity contribution in [2.75, 3.05) is 26.2 Å². The molecule has 0 unspecified atom stereocenters. The van der Waals surface area contributed by atoms with Crippen molar-refractivity contribution in [2.45, 2.75) is 0 Å². The Kier molecular flexibility index (Phi) is 6.86. The molecule has 1 aliphatic heterocycles. The summed E-state index contributed by atoms with van der Waals surface area (Å²) in [4.78, 5) is 24.1. The highest BCUT2D eigenvalue weighted by Crippen LogP contribution is 2.41. The Morgan fingerprint density at radius 1 is 1.03 bits per heavy atom. The maximum atomic E-state index is 13.5. The standard InChI is InChI=1S/C24H20ClN3O4S/c1-30-19-11-15(12-20(31-2)22(19)32-3)13-21-23(29)28(16-7-5-4-6-8-16)24(33-21)27-18-9-10-26-14-17(18)25/h4-14H,1-3H3/b21-13-,27-24?. The quantitative estimate of drug-likeness (QED) is 0.428. The second-order valence-electron chi connectivity index (χ2n) is 6.77. The summed E-state index contributed by atoms with van der Waals surface area (Å²) in [5, 5.41) is 0.881. The summed E-state index contributed by atoms with van der Waals surface area (Å²) in [6.45, 7) is 0. The molecule has 1 aliphatic rings. The second kappa shape index (κ2) is 9.97. The Morgan fingerprint density at radius 3 is 2.33 bits per heavy atom. The molecule has 0 spiro atoms. The fourth-order valence-electron chi connectivity index (χ4n) is 3.25. The fourth-order valence-corrected chi connectivity index (χ4v) is 4.41. The number of para-hydroxylation sites is 1. The van der Waals surface area contributed by atoms with E-state index in [1.165, 1.54) is 18.0 Å². The Labute approximate surface area is 200 Å². The molecule has 1 amide bonds. The number of aromatic nitrogens is 1. The lowest BCUT2D eigenvalue weighted by Crippen LogP contribution is -2.28. The van der Waals surface area contributed by atoms with E-state index in [9.17, 15) is 4.79 Å². The lowest BCUT2D eigenvalue weighted by molar-refractivity contribution is -0.113. The van der Waals surface area contributed by atoms with E-state index < -0.39 is 0 Å². The number of rotatable bonds is 6. The molecule has 0 saturated carbocycles. The van der Waals surface area contributed by atoms with Gasteiger partial charge in [0.1, 0.15) is 0 Å². The average molecular weight is 482 g/mol. The first-order valence-corrected chi connectivity index (χ1v) is 11.0. The topological polar surface area (TPSA) is 73.3 Å². The third-order valence-electron chi connectivity index (χ3n) is 4.77. The van der Waals surface area contributed by atoms with E-state index in [0.717, 1.165) is 5.56 Å². The molecule has 3 aromatic rings. The van der Waals surface area contributed by atoms with Gasteiger partial charge in [-0.3, -0.25) is 14.7 Å². The van der Waals surface area contributed by atoms with E-state index in [4.69, 9.17) is 25.8 Å². The molecule has 2 aromatic carbocycles. The van der Waals surface area contributed by atoms with Crippen molar-refractivity contribution in [1.82, 2.24) is 4.98 Å². The van der Waals surface area contributed by atoms with Gasteiger partial charge < -0.3 is 14.2 Å². The lowest BCUT2D eigenvalue weighted by atomic mass is 10.1. The molecule has 1 saturated heterocycles. The Balaban J connectivity index is 1.80. The largest absolute Gasteiger partial charge is 0.493 e. The highest BCUT2D eigenvalue weighted by atomic mass is 35.5. The average Bonchev–Trinajstić information content (AvgIpc) is 3.14. The molecule has 1 fully saturated rings. The highest BCUT2D eigenvalue weighted by Gasteiger charge is 2.35. The van der Waals surface area contributed by atoms with Crippen LogP contribution in [0.1, 0.15) is 5.56 Å². The van der Waals surface area contributed by atoms with Gasteiger partial charge >= 0.3 is 0 Å². The number of thioether (sulfide) groups is 1. The Bertz CT molecular complexity index is 1220. The molecule has 168 valence electrons. The van der Waals surface area contributed by atoms with Gasteiger partial charge in [-0.25, -0.2) is 4.99 Å². The van der Waals surface area contributed by atoms with Crippen molar-refractivity contribution in [2.24, 2.45) is 4.99 Å². The van der Waals surface area contributed by atoms with Crippen molar-refractivity contribution >= 4 is 51.9 Å². The van der Waals surface area contributed by atoms with Crippen LogP contribution < -0.4 is 19.1 Å². The number of carbonyl (C=O) groups excluding carboxylic acids is 1. The molecule has 7 nitrogen and oxygen atoms in total. The number of ether oxygens (including phenoxy) is 3. The highest BCUT2D eigenvalue weighted by molar-refractivity contribution is 8.19. The molecule has 9 heteroatoms. The molecule has 0 atom stereocenters. The predicted octanol–water partition coefficient (Wildman–Crippen LogP) is 5.57. The van der Waals surface area contributed by atoms with Gasteiger partial charge in [0.15, 0.2) is 16.7 Å². The minimum Gasteiger partial charge on any atom is -0.493 e. The van der Waals surface area contributed by atoms with Crippen LogP contribution in [0.25, 0.3) is 6.08 Å². The molecule has 4 rings (SSSR count). The molecular formula is C24H20ClN3O4S. The molecule has 0 N–H and O–H groups in total. The second-order valence-corrected chi connectivity index (χ2v) is 8.18. The summed E-state index contributed by atoms with van der Waals surface area (Å²) >= 11 is 7.51. The zero-order chi connectivity index (χ0) is 23.4. The number of halogens is 1. The Hall–Kier alpha value is -3.49. The number of methoxy groups -OCH3 is 3. The normalized spacial score (nSPS) is 15.9. The summed E-state index contributed by atoms with van der Waals surface area (Å²) in [5.74, 6) is 1.27. The first-order valence-electron chi connectivity index (χ1n) is 9.83. The number of nitrogens with zero attached hydrogens (tertiary/aromatic N) is 3. The van der Waals surface area contributed by atoms with Crippen molar-refractivity contribution in [1.29, 1.82) is 0 Å². The third-order valence-corrected chi connectivity index (χ3v) is 6.03. The van der Waals surface area contributed by atoms with E-state index in [1.54, 1.807) is 56.7 Å². The summed E-state index contributed by atoms with van der Waals surface area (Å²) in [5.41, 5.74) is 1.95. The van der Waals surface area contributed by atoms with E-state index >= 15 is 0 Å². The van der Waals surface area contributed by atoms with E-state index in [2.05, 4.69) is 9.98 Å². The van der Waals surface area contributed by atoms with Crippen LogP contribution in [0.3, 0.4) is 0 Å². The molecule has 0 aliphatic carbocycles.